The van der Waals surface area contributed by atoms with Gasteiger partial charge in [0, 0.05) is 11.0 Å². The Labute approximate surface area is 154 Å². The molecule has 0 atom stereocenters. The SMILES string of the molecule is Cc1nc(N(CC(N)=O)S(=O)(=O)Oc2ccc(CN)cc2)ccc1Br. The molecule has 1 amide bonds. The number of nitrogens with two attached hydrogens (primary N) is 2. The molecule has 0 fully saturated rings. The van der Waals surface area contributed by atoms with Crippen LogP contribution < -0.4 is 20.0 Å². The summed E-state index contributed by atoms with van der Waals surface area (Å²) >= 11 is 3.28. The van der Waals surface area contributed by atoms with E-state index in [1.165, 1.54) is 18.2 Å². The minimum atomic E-state index is -4.35. The molecule has 0 saturated carbocycles. The summed E-state index contributed by atoms with van der Waals surface area (Å²) in [5.41, 5.74) is 12.1. The van der Waals surface area contributed by atoms with Crippen LogP contribution in [-0.2, 0) is 21.6 Å². The van der Waals surface area contributed by atoms with E-state index in [9.17, 15) is 13.2 Å². The molecule has 0 aliphatic heterocycles. The van der Waals surface area contributed by atoms with Crippen LogP contribution in [0.4, 0.5) is 5.82 Å². The van der Waals surface area contributed by atoms with Crippen molar-refractivity contribution in [2.75, 3.05) is 10.8 Å². The number of halogens is 1. The molecule has 0 spiro atoms. The highest BCUT2D eigenvalue weighted by atomic mass is 79.9. The molecule has 134 valence electrons. The van der Waals surface area contributed by atoms with Crippen LogP contribution in [-0.4, -0.2) is 25.9 Å². The Morgan fingerprint density at radius 1 is 1.24 bits per heavy atom. The van der Waals surface area contributed by atoms with Crippen LogP contribution in [0.3, 0.4) is 0 Å². The summed E-state index contributed by atoms with van der Waals surface area (Å²) in [4.78, 5) is 15.5. The molecule has 2 aromatic rings. The third-order valence-corrected chi connectivity index (χ3v) is 5.29. The number of nitrogens with zero attached hydrogens (tertiary/aromatic N) is 2. The molecule has 0 radical (unpaired) electrons. The zero-order chi connectivity index (χ0) is 18.6. The Balaban J connectivity index is 2.36. The molecule has 1 heterocycles. The van der Waals surface area contributed by atoms with Gasteiger partial charge in [-0.25, -0.2) is 9.29 Å². The number of hydrogen-bond acceptors (Lipinski definition) is 6. The minimum Gasteiger partial charge on any atom is -0.368 e. The second kappa shape index (κ2) is 7.81. The Bertz CT molecular complexity index is 872. The fourth-order valence-corrected chi connectivity index (χ4v) is 3.21. The predicted octanol–water partition coefficient (Wildman–Crippen LogP) is 1.23. The monoisotopic (exact) mass is 428 g/mol. The van der Waals surface area contributed by atoms with Crippen molar-refractivity contribution >= 4 is 38.0 Å². The van der Waals surface area contributed by atoms with E-state index >= 15 is 0 Å². The number of hydrogen-bond donors (Lipinski definition) is 2. The lowest BCUT2D eigenvalue weighted by molar-refractivity contribution is -0.116. The third kappa shape index (κ3) is 4.91. The van der Waals surface area contributed by atoms with E-state index in [1.54, 1.807) is 25.1 Å². The first-order chi connectivity index (χ1) is 11.7. The van der Waals surface area contributed by atoms with Crippen molar-refractivity contribution < 1.29 is 17.4 Å². The minimum absolute atomic E-state index is 0.0260. The Morgan fingerprint density at radius 3 is 2.40 bits per heavy atom. The first-order valence-electron chi connectivity index (χ1n) is 7.15. The van der Waals surface area contributed by atoms with Crippen LogP contribution in [0.2, 0.25) is 0 Å². The number of amides is 1. The van der Waals surface area contributed by atoms with Crippen molar-refractivity contribution in [1.82, 2.24) is 4.98 Å². The molecule has 0 aliphatic rings. The maximum atomic E-state index is 12.6. The van der Waals surface area contributed by atoms with Gasteiger partial charge in [-0.2, -0.15) is 8.42 Å². The molecule has 0 saturated heterocycles. The molecule has 0 aliphatic carbocycles. The second-order valence-electron chi connectivity index (χ2n) is 5.10. The van der Waals surface area contributed by atoms with Gasteiger partial charge in [-0.15, -0.1) is 0 Å². The molecule has 1 aromatic carbocycles. The molecule has 10 heteroatoms. The number of primary amides is 1. The largest absolute Gasteiger partial charge is 0.411 e. The van der Waals surface area contributed by atoms with E-state index in [1.807, 2.05) is 0 Å². The predicted molar refractivity (Wildman–Crippen MR) is 97.1 cm³/mol. The molecule has 4 N–H and O–H groups in total. The van der Waals surface area contributed by atoms with Crippen molar-refractivity contribution in [3.8, 4) is 5.75 Å². The number of aromatic nitrogens is 1. The Morgan fingerprint density at radius 2 is 1.88 bits per heavy atom. The molecule has 2 rings (SSSR count). The van der Waals surface area contributed by atoms with Crippen molar-refractivity contribution in [1.29, 1.82) is 0 Å². The lowest BCUT2D eigenvalue weighted by Crippen LogP contribution is -2.41. The number of pyridine rings is 1. The molecular formula is C15H17BrN4O4S. The summed E-state index contributed by atoms with van der Waals surface area (Å²) in [6.45, 7) is 1.41. The van der Waals surface area contributed by atoms with Crippen molar-refractivity contribution in [3.63, 3.8) is 0 Å². The number of aryl methyl sites for hydroxylation is 1. The first kappa shape index (κ1) is 19.2. The van der Waals surface area contributed by atoms with Crippen molar-refractivity contribution in [2.24, 2.45) is 11.5 Å². The second-order valence-corrected chi connectivity index (χ2v) is 7.42. The van der Waals surface area contributed by atoms with E-state index < -0.39 is 22.8 Å². The van der Waals surface area contributed by atoms with Gasteiger partial charge in [0.2, 0.25) is 5.91 Å². The molecule has 0 unspecified atom stereocenters. The quantitative estimate of drug-likeness (QED) is 0.681. The maximum Gasteiger partial charge on any atom is 0.411 e. The van der Waals surface area contributed by atoms with Crippen LogP contribution in [0.1, 0.15) is 11.3 Å². The van der Waals surface area contributed by atoms with Gasteiger partial charge >= 0.3 is 10.3 Å². The van der Waals surface area contributed by atoms with Gasteiger partial charge in [0.15, 0.2) is 0 Å². The van der Waals surface area contributed by atoms with E-state index in [0.717, 1.165) is 5.56 Å². The zero-order valence-corrected chi connectivity index (χ0v) is 15.7. The van der Waals surface area contributed by atoms with E-state index in [-0.39, 0.29) is 11.6 Å². The summed E-state index contributed by atoms with van der Waals surface area (Å²) in [6.07, 6.45) is 0. The Kier molecular flexibility index (Phi) is 5.98. The van der Waals surface area contributed by atoms with Gasteiger partial charge in [0.1, 0.15) is 18.1 Å². The average Bonchev–Trinajstić information content (AvgIpc) is 2.55. The summed E-state index contributed by atoms with van der Waals surface area (Å²) in [5, 5.41) is 0. The van der Waals surface area contributed by atoms with Crippen LogP contribution in [0, 0.1) is 6.92 Å². The van der Waals surface area contributed by atoms with Crippen LogP contribution in [0.25, 0.3) is 0 Å². The first-order valence-corrected chi connectivity index (χ1v) is 9.31. The van der Waals surface area contributed by atoms with Gasteiger partial charge in [0.05, 0.1) is 5.69 Å². The van der Waals surface area contributed by atoms with E-state index in [2.05, 4.69) is 20.9 Å². The lowest BCUT2D eigenvalue weighted by atomic mass is 10.2. The topological polar surface area (TPSA) is 129 Å². The highest BCUT2D eigenvalue weighted by Crippen LogP contribution is 2.23. The molecule has 1 aromatic heterocycles. The highest BCUT2D eigenvalue weighted by Gasteiger charge is 2.28. The third-order valence-electron chi connectivity index (χ3n) is 3.19. The van der Waals surface area contributed by atoms with Gasteiger partial charge in [-0.05, 0) is 52.7 Å². The summed E-state index contributed by atoms with van der Waals surface area (Å²) in [5.74, 6) is -0.730. The summed E-state index contributed by atoms with van der Waals surface area (Å²) < 4.78 is 31.7. The summed E-state index contributed by atoms with van der Waals surface area (Å²) in [6, 6.07) is 9.30. The fourth-order valence-electron chi connectivity index (χ4n) is 1.93. The fraction of sp³-hybridized carbons (Fsp3) is 0.200. The van der Waals surface area contributed by atoms with Gasteiger partial charge in [-0.1, -0.05) is 12.1 Å². The number of carbonyl (C=O) groups is 1. The molecular weight excluding hydrogens is 412 g/mol. The van der Waals surface area contributed by atoms with Crippen LogP contribution >= 0.6 is 15.9 Å². The van der Waals surface area contributed by atoms with E-state index in [0.29, 0.717) is 21.0 Å². The zero-order valence-electron chi connectivity index (χ0n) is 13.3. The normalized spacial score (nSPS) is 11.2. The Hall–Kier alpha value is -2.17. The average molecular weight is 429 g/mol. The number of anilines is 1. The summed E-state index contributed by atoms with van der Waals surface area (Å²) in [7, 11) is -4.35. The van der Waals surface area contributed by atoms with Crippen molar-refractivity contribution in [2.45, 2.75) is 13.5 Å². The van der Waals surface area contributed by atoms with Gasteiger partial charge < -0.3 is 15.7 Å². The van der Waals surface area contributed by atoms with Gasteiger partial charge in [-0.3, -0.25) is 4.79 Å². The maximum absolute atomic E-state index is 12.6. The molecule has 0 bridgehead atoms. The number of rotatable bonds is 7. The lowest BCUT2D eigenvalue weighted by Gasteiger charge is -2.22. The van der Waals surface area contributed by atoms with Gasteiger partial charge in [0.25, 0.3) is 0 Å². The smallest absolute Gasteiger partial charge is 0.368 e. The standard InChI is InChI=1S/C15H17BrN4O4S/c1-10-13(16)6-7-15(19-10)20(9-14(18)21)25(22,23)24-12-4-2-11(8-17)3-5-12/h2-7H,8-9,17H2,1H3,(H2,18,21). The highest BCUT2D eigenvalue weighted by molar-refractivity contribution is 9.10. The number of carbonyl (C=O) groups excluding carboxylic acids is 1. The number of benzene rings is 1. The van der Waals surface area contributed by atoms with Crippen LogP contribution in [0.15, 0.2) is 40.9 Å². The molecule has 8 nitrogen and oxygen atoms in total. The van der Waals surface area contributed by atoms with E-state index in [4.69, 9.17) is 15.7 Å². The van der Waals surface area contributed by atoms with Crippen molar-refractivity contribution in [3.05, 3.63) is 52.1 Å². The molecule has 25 heavy (non-hydrogen) atoms. The van der Waals surface area contributed by atoms with Crippen LogP contribution in [0.5, 0.6) is 5.75 Å².